The summed E-state index contributed by atoms with van der Waals surface area (Å²) in [4.78, 5) is 10.4. The smallest absolute Gasteiger partial charge is 0.294 e. The van der Waals surface area contributed by atoms with E-state index in [9.17, 15) is 15.2 Å². The van der Waals surface area contributed by atoms with Crippen molar-refractivity contribution in [3.8, 4) is 5.75 Å². The van der Waals surface area contributed by atoms with Gasteiger partial charge in [-0.1, -0.05) is 23.7 Å². The lowest BCUT2D eigenvalue weighted by atomic mass is 10.1. The number of aromatic hydroxyl groups is 1. The Labute approximate surface area is 125 Å². The summed E-state index contributed by atoms with van der Waals surface area (Å²) in [5.74, 6) is 0.0324. The fraction of sp³-hybridized carbons (Fsp3) is 0.0714. The number of anilines is 1. The zero-order valence-corrected chi connectivity index (χ0v) is 11.8. The molecule has 0 amide bonds. The van der Waals surface area contributed by atoms with Crippen molar-refractivity contribution in [2.75, 3.05) is 5.43 Å². The Morgan fingerprint density at radius 2 is 2.05 bits per heavy atom. The summed E-state index contributed by atoms with van der Waals surface area (Å²) in [5.41, 5.74) is 3.72. The van der Waals surface area contributed by atoms with Crippen LogP contribution < -0.4 is 5.43 Å². The molecule has 0 aliphatic rings. The van der Waals surface area contributed by atoms with Crippen LogP contribution in [0.5, 0.6) is 5.75 Å². The van der Waals surface area contributed by atoms with Gasteiger partial charge in [-0.2, -0.15) is 5.10 Å². The first kappa shape index (κ1) is 14.8. The monoisotopic (exact) mass is 305 g/mol. The Hall–Kier alpha value is -2.60. The molecule has 2 N–H and O–H groups in total. The maximum Gasteiger partial charge on any atom is 0.294 e. The Morgan fingerprint density at radius 1 is 1.33 bits per heavy atom. The topological polar surface area (TPSA) is 87.8 Å². The van der Waals surface area contributed by atoms with E-state index in [4.69, 9.17) is 11.6 Å². The predicted molar refractivity (Wildman–Crippen MR) is 82.0 cm³/mol. The minimum atomic E-state index is -0.496. The third-order valence-corrected chi connectivity index (χ3v) is 3.03. The van der Waals surface area contributed by atoms with E-state index in [2.05, 4.69) is 10.5 Å². The van der Waals surface area contributed by atoms with Crippen LogP contribution in [0.15, 0.2) is 47.6 Å². The van der Waals surface area contributed by atoms with Crippen LogP contribution in [0.4, 0.5) is 11.4 Å². The van der Waals surface area contributed by atoms with Crippen molar-refractivity contribution >= 4 is 28.7 Å². The van der Waals surface area contributed by atoms with Gasteiger partial charge in [0.1, 0.15) is 11.4 Å². The maximum absolute atomic E-state index is 10.9. The summed E-state index contributed by atoms with van der Waals surface area (Å²) < 4.78 is 0. The molecule has 108 valence electrons. The number of halogens is 1. The molecule has 0 radical (unpaired) electrons. The summed E-state index contributed by atoms with van der Waals surface area (Å²) in [5, 5.41) is 25.2. The van der Waals surface area contributed by atoms with Gasteiger partial charge in [-0.3, -0.25) is 15.5 Å². The number of hydrogen-bond donors (Lipinski definition) is 2. The van der Waals surface area contributed by atoms with Gasteiger partial charge >= 0.3 is 0 Å². The molecular weight excluding hydrogens is 294 g/mol. The molecule has 0 atom stereocenters. The molecule has 0 bridgehead atoms. The minimum absolute atomic E-state index is 0.0324. The number of rotatable bonds is 4. The third kappa shape index (κ3) is 3.49. The van der Waals surface area contributed by atoms with Gasteiger partial charge in [0.05, 0.1) is 10.6 Å². The van der Waals surface area contributed by atoms with Crippen molar-refractivity contribution in [1.82, 2.24) is 0 Å². The highest BCUT2D eigenvalue weighted by Gasteiger charge is 2.12. The van der Waals surface area contributed by atoms with Crippen LogP contribution in [0.3, 0.4) is 0 Å². The Morgan fingerprint density at radius 3 is 2.76 bits per heavy atom. The summed E-state index contributed by atoms with van der Waals surface area (Å²) in [6, 6.07) is 10.7. The number of nitrogens with zero attached hydrogens (tertiary/aromatic N) is 2. The minimum Gasteiger partial charge on any atom is -0.507 e. The van der Waals surface area contributed by atoms with E-state index in [0.717, 1.165) is 0 Å². The molecule has 0 spiro atoms. The van der Waals surface area contributed by atoms with Gasteiger partial charge in [-0.05, 0) is 31.2 Å². The van der Waals surface area contributed by atoms with Gasteiger partial charge in [0.25, 0.3) is 5.69 Å². The maximum atomic E-state index is 10.9. The third-order valence-electron chi connectivity index (χ3n) is 2.79. The number of phenolic OH excluding ortho intramolecular Hbond substituents is 1. The van der Waals surface area contributed by atoms with Crippen molar-refractivity contribution in [2.24, 2.45) is 5.10 Å². The van der Waals surface area contributed by atoms with E-state index in [-0.39, 0.29) is 17.1 Å². The average Bonchev–Trinajstić information content (AvgIpc) is 2.47. The van der Waals surface area contributed by atoms with Crippen LogP contribution in [0.25, 0.3) is 0 Å². The van der Waals surface area contributed by atoms with Crippen LogP contribution in [0.2, 0.25) is 5.02 Å². The van der Waals surface area contributed by atoms with Crippen LogP contribution in [-0.4, -0.2) is 15.7 Å². The highest BCUT2D eigenvalue weighted by atomic mass is 35.5. The molecule has 2 rings (SSSR count). The summed E-state index contributed by atoms with van der Waals surface area (Å²) in [6.45, 7) is 1.66. The van der Waals surface area contributed by atoms with Gasteiger partial charge in [0.15, 0.2) is 0 Å². The van der Waals surface area contributed by atoms with Crippen molar-refractivity contribution in [3.05, 3.63) is 63.2 Å². The number of hydrazone groups is 1. The second kappa shape index (κ2) is 6.23. The van der Waals surface area contributed by atoms with Gasteiger partial charge < -0.3 is 5.11 Å². The molecule has 0 aromatic heterocycles. The number of hydrogen-bond acceptors (Lipinski definition) is 5. The van der Waals surface area contributed by atoms with Crippen molar-refractivity contribution in [3.63, 3.8) is 0 Å². The Balaban J connectivity index is 2.29. The van der Waals surface area contributed by atoms with Gasteiger partial charge in [-0.25, -0.2) is 0 Å². The van der Waals surface area contributed by atoms with Gasteiger partial charge in [-0.15, -0.1) is 0 Å². The molecule has 0 unspecified atom stereocenters. The number of para-hydroxylation sites is 2. The normalized spacial score (nSPS) is 11.2. The lowest BCUT2D eigenvalue weighted by Crippen LogP contribution is -2.02. The SMILES string of the molecule is C/C(=N\Nc1ccccc1[N+](=O)[O-])c1cc(Cl)ccc1O. The second-order valence-corrected chi connectivity index (χ2v) is 4.68. The predicted octanol–water partition coefficient (Wildman–Crippen LogP) is 3.79. The van der Waals surface area contributed by atoms with Crippen molar-refractivity contribution < 1.29 is 10.0 Å². The van der Waals surface area contributed by atoms with Gasteiger partial charge in [0, 0.05) is 16.7 Å². The number of nitro benzene ring substituents is 1. The molecule has 7 heteroatoms. The first-order valence-electron chi connectivity index (χ1n) is 6.01. The molecule has 0 fully saturated rings. The van der Waals surface area contributed by atoms with Crippen LogP contribution >= 0.6 is 11.6 Å². The fourth-order valence-electron chi connectivity index (χ4n) is 1.73. The Bertz CT molecular complexity index is 716. The molecule has 6 nitrogen and oxygen atoms in total. The highest BCUT2D eigenvalue weighted by Crippen LogP contribution is 2.25. The Kier molecular flexibility index (Phi) is 4.39. The van der Waals surface area contributed by atoms with E-state index in [1.165, 1.54) is 12.1 Å². The quantitative estimate of drug-likeness (QED) is 0.511. The molecule has 2 aromatic carbocycles. The van der Waals surface area contributed by atoms with Gasteiger partial charge in [0.2, 0.25) is 0 Å². The van der Waals surface area contributed by atoms with Crippen molar-refractivity contribution in [1.29, 1.82) is 0 Å². The van der Waals surface area contributed by atoms with Crippen LogP contribution in [-0.2, 0) is 0 Å². The number of nitrogens with one attached hydrogen (secondary N) is 1. The first-order valence-corrected chi connectivity index (χ1v) is 6.39. The summed E-state index contributed by atoms with van der Waals surface area (Å²) in [7, 11) is 0. The zero-order valence-electron chi connectivity index (χ0n) is 11.1. The van der Waals surface area contributed by atoms with E-state index in [0.29, 0.717) is 16.3 Å². The van der Waals surface area contributed by atoms with Crippen LogP contribution in [0.1, 0.15) is 12.5 Å². The fourth-order valence-corrected chi connectivity index (χ4v) is 1.90. The standard InChI is InChI=1S/C14H12ClN3O3/c1-9(11-8-10(15)6-7-14(11)19)16-17-12-4-2-3-5-13(12)18(20)21/h2-8,17,19H,1H3/b16-9+. The summed E-state index contributed by atoms with van der Waals surface area (Å²) in [6.07, 6.45) is 0. The number of benzene rings is 2. The molecule has 0 saturated heterocycles. The molecule has 2 aromatic rings. The number of nitro groups is 1. The summed E-state index contributed by atoms with van der Waals surface area (Å²) >= 11 is 5.87. The molecular formula is C14H12ClN3O3. The van der Waals surface area contributed by atoms with E-state index >= 15 is 0 Å². The molecule has 0 aliphatic heterocycles. The lowest BCUT2D eigenvalue weighted by Gasteiger charge is -2.06. The molecule has 21 heavy (non-hydrogen) atoms. The first-order chi connectivity index (χ1) is 9.99. The van der Waals surface area contributed by atoms with Crippen LogP contribution in [0, 0.1) is 10.1 Å². The molecule has 0 saturated carbocycles. The van der Waals surface area contributed by atoms with E-state index in [1.54, 1.807) is 37.3 Å². The highest BCUT2D eigenvalue weighted by molar-refractivity contribution is 6.31. The lowest BCUT2D eigenvalue weighted by molar-refractivity contribution is -0.384. The zero-order chi connectivity index (χ0) is 15.4. The van der Waals surface area contributed by atoms with Crippen molar-refractivity contribution in [2.45, 2.75) is 6.92 Å². The second-order valence-electron chi connectivity index (χ2n) is 4.24. The van der Waals surface area contributed by atoms with E-state index < -0.39 is 4.92 Å². The average molecular weight is 306 g/mol. The largest absolute Gasteiger partial charge is 0.507 e. The number of phenols is 1. The molecule has 0 aliphatic carbocycles. The molecule has 0 heterocycles. The van der Waals surface area contributed by atoms with E-state index in [1.807, 2.05) is 0 Å².